The van der Waals surface area contributed by atoms with Crippen LogP contribution in [-0.2, 0) is 12.7 Å². The van der Waals surface area contributed by atoms with E-state index in [-0.39, 0.29) is 35.5 Å². The van der Waals surface area contributed by atoms with E-state index in [2.05, 4.69) is 15.0 Å². The van der Waals surface area contributed by atoms with E-state index in [1.165, 1.54) is 35.3 Å². The monoisotopic (exact) mass is 482 g/mol. The second kappa shape index (κ2) is 8.87. The molecule has 1 saturated carbocycles. The minimum absolute atomic E-state index is 0.0424. The third-order valence-electron chi connectivity index (χ3n) is 6.80. The number of hydrogen-bond acceptors (Lipinski definition) is 4. The summed E-state index contributed by atoms with van der Waals surface area (Å²) in [5.74, 6) is -0.471. The lowest BCUT2D eigenvalue weighted by atomic mass is 9.90. The Morgan fingerprint density at radius 1 is 1.00 bits per heavy atom. The zero-order chi connectivity index (χ0) is 24.7. The smallest absolute Gasteiger partial charge is 0.285 e. The summed E-state index contributed by atoms with van der Waals surface area (Å²) in [6.07, 6.45) is 1.48. The molecule has 0 saturated heterocycles. The Bertz CT molecular complexity index is 1440. The normalized spacial score (nSPS) is 18.3. The number of benzene rings is 1. The minimum atomic E-state index is -4.61. The highest BCUT2D eigenvalue weighted by molar-refractivity contribution is 5.71. The number of nitrogens with zero attached hydrogens (tertiary/aromatic N) is 4. The topological polar surface area (TPSA) is 60.7 Å². The van der Waals surface area contributed by atoms with Gasteiger partial charge in [0.15, 0.2) is 5.65 Å². The summed E-state index contributed by atoms with van der Waals surface area (Å²) in [6.45, 7) is 1.48. The van der Waals surface area contributed by atoms with Gasteiger partial charge >= 0.3 is 6.18 Å². The first kappa shape index (κ1) is 23.1. The summed E-state index contributed by atoms with van der Waals surface area (Å²) in [4.78, 5) is 26.1. The molecular formula is C26H22F4N4O. The largest absolute Gasteiger partial charge is 0.418 e. The van der Waals surface area contributed by atoms with Crippen molar-refractivity contribution in [2.75, 3.05) is 0 Å². The van der Waals surface area contributed by atoms with Crippen molar-refractivity contribution in [1.82, 2.24) is 19.5 Å². The van der Waals surface area contributed by atoms with Gasteiger partial charge < -0.3 is 0 Å². The van der Waals surface area contributed by atoms with E-state index >= 15 is 0 Å². The quantitative estimate of drug-likeness (QED) is 0.348. The van der Waals surface area contributed by atoms with Crippen LogP contribution in [0.15, 0.2) is 59.8 Å². The van der Waals surface area contributed by atoms with Crippen LogP contribution in [0.5, 0.6) is 0 Å². The van der Waals surface area contributed by atoms with Gasteiger partial charge in [-0.2, -0.15) is 13.2 Å². The molecule has 0 bridgehead atoms. The van der Waals surface area contributed by atoms with E-state index in [1.807, 2.05) is 13.0 Å². The third kappa shape index (κ3) is 4.31. The fourth-order valence-electron chi connectivity index (χ4n) is 5.21. The molecule has 35 heavy (non-hydrogen) atoms. The van der Waals surface area contributed by atoms with Crippen LogP contribution in [0, 0.1) is 12.7 Å². The Labute approximate surface area is 198 Å². The van der Waals surface area contributed by atoms with Gasteiger partial charge in [-0.3, -0.25) is 19.3 Å². The predicted octanol–water partition coefficient (Wildman–Crippen LogP) is 5.75. The Morgan fingerprint density at radius 3 is 2.54 bits per heavy atom. The first-order valence-corrected chi connectivity index (χ1v) is 11.3. The summed E-state index contributed by atoms with van der Waals surface area (Å²) in [6, 6.07) is 8.82. The van der Waals surface area contributed by atoms with Crippen molar-refractivity contribution in [3.8, 4) is 0 Å². The van der Waals surface area contributed by atoms with Crippen LogP contribution in [-0.4, -0.2) is 19.5 Å². The Hall–Kier alpha value is -3.62. The third-order valence-corrected chi connectivity index (χ3v) is 6.80. The van der Waals surface area contributed by atoms with Gasteiger partial charge in [0.2, 0.25) is 0 Å². The van der Waals surface area contributed by atoms with Crippen LogP contribution in [0.3, 0.4) is 0 Å². The number of alkyl halides is 3. The molecule has 3 heterocycles. The van der Waals surface area contributed by atoms with E-state index in [0.717, 1.165) is 11.6 Å². The second-order valence-corrected chi connectivity index (χ2v) is 8.93. The Morgan fingerprint density at radius 2 is 1.77 bits per heavy atom. The molecular weight excluding hydrogens is 460 g/mol. The molecule has 3 aromatic heterocycles. The van der Waals surface area contributed by atoms with E-state index < -0.39 is 17.3 Å². The van der Waals surface area contributed by atoms with Crippen molar-refractivity contribution in [2.45, 2.75) is 50.7 Å². The number of halogens is 4. The van der Waals surface area contributed by atoms with Crippen LogP contribution in [0.2, 0.25) is 0 Å². The van der Waals surface area contributed by atoms with Crippen LogP contribution >= 0.6 is 0 Å². The standard InChI is InChI=1S/C26H22F4N4O/c1-15-4-2-6-20(27)23(15)17-8-7-16(12-17)18-13-21-24(33-11-10-32-21)34(25(18)35)14-22-19(26(28,29)30)5-3-9-31-22/h2-6,9-11,13,16-17H,7-8,12,14H2,1H3/t16-,17+/m0/s1. The second-order valence-electron chi connectivity index (χ2n) is 8.93. The highest BCUT2D eigenvalue weighted by atomic mass is 19.4. The number of hydrogen-bond donors (Lipinski definition) is 0. The Balaban J connectivity index is 1.57. The zero-order valence-electron chi connectivity index (χ0n) is 18.9. The van der Waals surface area contributed by atoms with Crippen molar-refractivity contribution >= 4 is 11.2 Å². The van der Waals surface area contributed by atoms with Crippen LogP contribution in [0.1, 0.15) is 59.0 Å². The number of aryl methyl sites for hydroxylation is 1. The highest BCUT2D eigenvalue weighted by Crippen LogP contribution is 2.44. The van der Waals surface area contributed by atoms with Gasteiger partial charge in [0.25, 0.3) is 5.56 Å². The lowest BCUT2D eigenvalue weighted by Crippen LogP contribution is -2.28. The first-order chi connectivity index (χ1) is 16.7. The molecule has 0 N–H and O–H groups in total. The SMILES string of the molecule is Cc1cccc(F)c1[C@@H]1CC[C@H](c2cc3nccnc3n(Cc3ncccc3C(F)(F)F)c2=O)C1. The number of rotatable bonds is 4. The highest BCUT2D eigenvalue weighted by Gasteiger charge is 2.35. The molecule has 180 valence electrons. The first-order valence-electron chi connectivity index (χ1n) is 11.3. The van der Waals surface area contributed by atoms with E-state index in [4.69, 9.17) is 0 Å². The van der Waals surface area contributed by atoms with Crippen molar-refractivity contribution in [3.63, 3.8) is 0 Å². The van der Waals surface area contributed by atoms with Crippen molar-refractivity contribution in [1.29, 1.82) is 0 Å². The van der Waals surface area contributed by atoms with Gasteiger partial charge in [0, 0.05) is 24.2 Å². The maximum absolute atomic E-state index is 14.6. The van der Waals surface area contributed by atoms with E-state index in [1.54, 1.807) is 12.1 Å². The fraction of sp³-hybridized carbons (Fsp3) is 0.308. The van der Waals surface area contributed by atoms with Crippen LogP contribution in [0.4, 0.5) is 17.6 Å². The van der Waals surface area contributed by atoms with Gasteiger partial charge in [-0.1, -0.05) is 12.1 Å². The maximum Gasteiger partial charge on any atom is 0.418 e. The summed E-state index contributed by atoms with van der Waals surface area (Å²) in [7, 11) is 0. The van der Waals surface area contributed by atoms with Gasteiger partial charge in [0.1, 0.15) is 11.3 Å². The van der Waals surface area contributed by atoms with Crippen molar-refractivity contribution in [2.24, 2.45) is 0 Å². The molecule has 0 radical (unpaired) electrons. The molecule has 5 rings (SSSR count). The number of pyridine rings is 2. The minimum Gasteiger partial charge on any atom is -0.285 e. The predicted molar refractivity (Wildman–Crippen MR) is 123 cm³/mol. The molecule has 5 nitrogen and oxygen atoms in total. The molecule has 1 fully saturated rings. The fourth-order valence-corrected chi connectivity index (χ4v) is 5.21. The molecule has 4 aromatic rings. The van der Waals surface area contributed by atoms with Crippen LogP contribution < -0.4 is 5.56 Å². The van der Waals surface area contributed by atoms with Gasteiger partial charge in [-0.15, -0.1) is 0 Å². The molecule has 2 atom stereocenters. The Kier molecular flexibility index (Phi) is 5.86. The summed E-state index contributed by atoms with van der Waals surface area (Å²) < 4.78 is 56.5. The average Bonchev–Trinajstić information content (AvgIpc) is 3.29. The molecule has 1 aromatic carbocycles. The van der Waals surface area contributed by atoms with Crippen LogP contribution in [0.25, 0.3) is 11.2 Å². The molecule has 0 unspecified atom stereocenters. The zero-order valence-corrected chi connectivity index (χ0v) is 18.9. The van der Waals surface area contributed by atoms with E-state index in [9.17, 15) is 22.4 Å². The lowest BCUT2D eigenvalue weighted by Gasteiger charge is -2.18. The summed E-state index contributed by atoms with van der Waals surface area (Å²) in [5.41, 5.74) is 1.01. The summed E-state index contributed by atoms with van der Waals surface area (Å²) in [5, 5.41) is 0. The van der Waals surface area contributed by atoms with Crippen molar-refractivity contribution in [3.05, 3.63) is 99.1 Å². The van der Waals surface area contributed by atoms with Gasteiger partial charge in [-0.25, -0.2) is 9.37 Å². The summed E-state index contributed by atoms with van der Waals surface area (Å²) >= 11 is 0. The molecule has 0 aliphatic heterocycles. The van der Waals surface area contributed by atoms with Gasteiger partial charge in [0.05, 0.1) is 17.8 Å². The number of fused-ring (bicyclic) bond motifs is 1. The lowest BCUT2D eigenvalue weighted by molar-refractivity contribution is -0.138. The maximum atomic E-state index is 14.6. The van der Waals surface area contributed by atoms with E-state index in [0.29, 0.717) is 35.9 Å². The number of aromatic nitrogens is 4. The molecule has 1 aliphatic carbocycles. The molecule has 9 heteroatoms. The van der Waals surface area contributed by atoms with Gasteiger partial charge in [-0.05, 0) is 73.4 Å². The molecule has 0 amide bonds. The average molecular weight is 482 g/mol. The molecule has 1 aliphatic rings. The molecule has 0 spiro atoms. The van der Waals surface area contributed by atoms with Crippen molar-refractivity contribution < 1.29 is 17.6 Å².